The minimum atomic E-state index is -0.361. The summed E-state index contributed by atoms with van der Waals surface area (Å²) in [4.78, 5) is 50.5. The Morgan fingerprint density at radius 1 is 0.808 bits per heavy atom. The summed E-state index contributed by atoms with van der Waals surface area (Å²) in [6, 6.07) is -0.654. The van der Waals surface area contributed by atoms with Crippen molar-refractivity contribution < 1.29 is 19.2 Å². The van der Waals surface area contributed by atoms with E-state index in [2.05, 4.69) is 21.6 Å². The van der Waals surface area contributed by atoms with E-state index in [1.165, 1.54) is 0 Å². The fourth-order valence-electron chi connectivity index (χ4n) is 4.64. The fraction of sp³-hybridized carbons (Fsp3) is 0.667. The maximum Gasteiger partial charge on any atom is 0.249 e. The molecule has 4 aliphatic heterocycles. The van der Waals surface area contributed by atoms with Crippen LogP contribution in [0.15, 0.2) is 12.3 Å². The Kier molecular flexibility index (Phi) is 4.52. The van der Waals surface area contributed by atoms with Crippen molar-refractivity contribution in [1.29, 1.82) is 0 Å². The molecule has 3 atom stereocenters. The number of carbonyl (C=O) groups excluding carboxylic acids is 4. The highest BCUT2D eigenvalue weighted by atomic mass is 16.2. The first-order valence-electron chi connectivity index (χ1n) is 9.37. The van der Waals surface area contributed by atoms with Crippen molar-refractivity contribution in [2.45, 2.75) is 44.2 Å². The predicted octanol–water partition coefficient (Wildman–Crippen LogP) is -0.636. The third kappa shape index (κ3) is 3.25. The molecule has 0 aromatic carbocycles. The molecule has 0 aliphatic carbocycles. The van der Waals surface area contributed by atoms with Crippen molar-refractivity contribution in [2.75, 3.05) is 19.6 Å². The molecule has 0 aromatic heterocycles. The van der Waals surface area contributed by atoms with E-state index in [1.807, 2.05) is 11.1 Å². The van der Waals surface area contributed by atoms with Crippen LogP contribution in [0.5, 0.6) is 0 Å². The number of nitrogens with zero attached hydrogens (tertiary/aromatic N) is 2. The quantitative estimate of drug-likeness (QED) is 0.650. The Morgan fingerprint density at radius 2 is 1.42 bits per heavy atom. The predicted molar refractivity (Wildman–Crippen MR) is 91.4 cm³/mol. The summed E-state index contributed by atoms with van der Waals surface area (Å²) in [6.45, 7) is 2.46. The minimum absolute atomic E-state index is 0.161. The number of rotatable bonds is 3. The van der Waals surface area contributed by atoms with Crippen molar-refractivity contribution in [3.63, 3.8) is 0 Å². The van der Waals surface area contributed by atoms with Gasteiger partial charge in [-0.25, -0.2) is 0 Å². The first kappa shape index (κ1) is 17.2. The Hall–Kier alpha value is -2.22. The van der Waals surface area contributed by atoms with Gasteiger partial charge in [-0.15, -0.1) is 0 Å². The van der Waals surface area contributed by atoms with Crippen molar-refractivity contribution in [3.05, 3.63) is 12.3 Å². The highest BCUT2D eigenvalue weighted by Crippen LogP contribution is 2.33. The molecule has 2 N–H and O–H groups in total. The molecule has 8 heteroatoms. The van der Waals surface area contributed by atoms with Crippen LogP contribution in [0.2, 0.25) is 0 Å². The van der Waals surface area contributed by atoms with Gasteiger partial charge in [0.1, 0.15) is 6.04 Å². The minimum Gasteiger partial charge on any atom is -0.365 e. The summed E-state index contributed by atoms with van der Waals surface area (Å²) in [5.41, 5.74) is 0. The molecule has 0 saturated carbocycles. The van der Waals surface area contributed by atoms with Gasteiger partial charge < -0.3 is 4.90 Å². The van der Waals surface area contributed by atoms with E-state index in [4.69, 9.17) is 0 Å². The van der Waals surface area contributed by atoms with E-state index in [0.29, 0.717) is 11.8 Å². The maximum atomic E-state index is 11.8. The third-order valence-corrected chi connectivity index (χ3v) is 6.15. The molecule has 4 aliphatic rings. The van der Waals surface area contributed by atoms with E-state index in [0.717, 1.165) is 38.9 Å². The number of allylic oxidation sites excluding steroid dienone is 1. The third-order valence-electron chi connectivity index (χ3n) is 6.15. The van der Waals surface area contributed by atoms with Crippen LogP contribution in [0.25, 0.3) is 0 Å². The average Bonchev–Trinajstić information content (AvgIpc) is 3.15. The van der Waals surface area contributed by atoms with Gasteiger partial charge in [0.15, 0.2) is 0 Å². The number of likely N-dealkylation sites (tertiary alicyclic amines) is 1. The number of hydrogen-bond donors (Lipinski definition) is 2. The van der Waals surface area contributed by atoms with Crippen LogP contribution in [0, 0.1) is 11.8 Å². The number of amides is 4. The van der Waals surface area contributed by atoms with E-state index >= 15 is 0 Å². The molecular weight excluding hydrogens is 336 g/mol. The molecule has 3 fully saturated rings. The highest BCUT2D eigenvalue weighted by Gasteiger charge is 2.39. The van der Waals surface area contributed by atoms with E-state index in [-0.39, 0.29) is 48.6 Å². The second-order valence-electron chi connectivity index (χ2n) is 7.67. The second-order valence-corrected chi connectivity index (χ2v) is 7.67. The van der Waals surface area contributed by atoms with Gasteiger partial charge in [-0.05, 0) is 50.4 Å². The van der Waals surface area contributed by atoms with Crippen LogP contribution in [-0.4, -0.2) is 65.1 Å². The molecule has 3 saturated heterocycles. The zero-order chi connectivity index (χ0) is 18.3. The van der Waals surface area contributed by atoms with Crippen molar-refractivity contribution in [3.8, 4) is 0 Å². The molecule has 8 nitrogen and oxygen atoms in total. The van der Waals surface area contributed by atoms with Crippen molar-refractivity contribution in [1.82, 2.24) is 20.4 Å². The normalized spacial score (nSPS) is 33.7. The molecule has 4 rings (SSSR count). The van der Waals surface area contributed by atoms with Crippen LogP contribution in [0.1, 0.15) is 32.1 Å². The SMILES string of the molecule is O=C1CC(N2C=CC(C3CCN(C4CC(=O)NC4=O)CC3)CC2)C(=O)N1. The van der Waals surface area contributed by atoms with E-state index in [1.54, 1.807) is 0 Å². The summed E-state index contributed by atoms with van der Waals surface area (Å²) in [5, 5.41) is 4.75. The van der Waals surface area contributed by atoms with Gasteiger partial charge in [0, 0.05) is 6.54 Å². The topological polar surface area (TPSA) is 98.8 Å². The molecule has 4 amide bonds. The summed E-state index contributed by atoms with van der Waals surface area (Å²) in [6.07, 6.45) is 7.67. The standard InChI is InChI=1S/C18H24N4O4/c23-15-9-13(17(25)19-15)21-5-1-11(2-6-21)12-3-7-22(8-4-12)14-10-16(24)20-18(14)26/h1,5,11-14H,2-4,6-10H2,(H,19,23,25)(H,20,24,26). The number of imide groups is 2. The van der Waals surface area contributed by atoms with E-state index < -0.39 is 0 Å². The van der Waals surface area contributed by atoms with Crippen molar-refractivity contribution >= 4 is 23.6 Å². The first-order valence-corrected chi connectivity index (χ1v) is 9.37. The first-order chi connectivity index (χ1) is 12.5. The lowest BCUT2D eigenvalue weighted by Gasteiger charge is -2.39. The van der Waals surface area contributed by atoms with Crippen LogP contribution in [-0.2, 0) is 19.2 Å². The molecule has 0 bridgehead atoms. The zero-order valence-electron chi connectivity index (χ0n) is 14.6. The Labute approximate surface area is 151 Å². The monoisotopic (exact) mass is 360 g/mol. The van der Waals surface area contributed by atoms with Crippen LogP contribution in [0.3, 0.4) is 0 Å². The molecule has 0 radical (unpaired) electrons. The van der Waals surface area contributed by atoms with E-state index in [9.17, 15) is 19.2 Å². The number of hydrogen-bond acceptors (Lipinski definition) is 6. The lowest BCUT2D eigenvalue weighted by molar-refractivity contribution is -0.128. The largest absolute Gasteiger partial charge is 0.365 e. The smallest absolute Gasteiger partial charge is 0.249 e. The summed E-state index contributed by atoms with van der Waals surface area (Å²) < 4.78 is 0. The van der Waals surface area contributed by atoms with Crippen molar-refractivity contribution in [2.24, 2.45) is 11.8 Å². The lowest BCUT2D eigenvalue weighted by atomic mass is 9.80. The number of carbonyl (C=O) groups is 4. The molecule has 0 aromatic rings. The average molecular weight is 360 g/mol. The maximum absolute atomic E-state index is 11.8. The molecule has 0 spiro atoms. The number of piperidine rings is 1. The lowest BCUT2D eigenvalue weighted by Crippen LogP contribution is -2.46. The molecular formula is C18H24N4O4. The molecule has 26 heavy (non-hydrogen) atoms. The van der Waals surface area contributed by atoms with Crippen LogP contribution < -0.4 is 10.6 Å². The highest BCUT2D eigenvalue weighted by molar-refractivity contribution is 6.06. The fourth-order valence-corrected chi connectivity index (χ4v) is 4.64. The van der Waals surface area contributed by atoms with Gasteiger partial charge >= 0.3 is 0 Å². The number of nitrogens with one attached hydrogen (secondary N) is 2. The Morgan fingerprint density at radius 3 is 1.92 bits per heavy atom. The summed E-state index contributed by atoms with van der Waals surface area (Å²) in [5.74, 6) is 0.294. The molecule has 4 heterocycles. The van der Waals surface area contributed by atoms with Gasteiger partial charge in [-0.1, -0.05) is 6.08 Å². The molecule has 140 valence electrons. The van der Waals surface area contributed by atoms with Gasteiger partial charge in [0.05, 0.1) is 18.9 Å². The Balaban J connectivity index is 1.30. The van der Waals surface area contributed by atoms with Gasteiger partial charge in [0.2, 0.25) is 23.6 Å². The van der Waals surface area contributed by atoms with Gasteiger partial charge in [-0.3, -0.25) is 34.7 Å². The summed E-state index contributed by atoms with van der Waals surface area (Å²) in [7, 11) is 0. The van der Waals surface area contributed by atoms with Gasteiger partial charge in [0.25, 0.3) is 0 Å². The second kappa shape index (κ2) is 6.83. The van der Waals surface area contributed by atoms with Crippen LogP contribution >= 0.6 is 0 Å². The zero-order valence-corrected chi connectivity index (χ0v) is 14.6. The summed E-state index contributed by atoms with van der Waals surface area (Å²) >= 11 is 0. The van der Waals surface area contributed by atoms with Crippen LogP contribution in [0.4, 0.5) is 0 Å². The molecule has 3 unspecified atom stereocenters. The van der Waals surface area contributed by atoms with Gasteiger partial charge in [-0.2, -0.15) is 0 Å². The Bertz CT molecular complexity index is 668.